The number of carbonyl (C=O) groups is 1. The first kappa shape index (κ1) is 21.1. The largest absolute Gasteiger partial charge is 0.497 e. The van der Waals surface area contributed by atoms with Crippen LogP contribution in [0.3, 0.4) is 0 Å². The van der Waals surface area contributed by atoms with E-state index in [1.807, 2.05) is 0 Å². The first-order valence-corrected chi connectivity index (χ1v) is 10.4. The van der Waals surface area contributed by atoms with E-state index in [1.165, 1.54) is 26.5 Å². The maximum Gasteiger partial charge on any atom is 0.262 e. The highest BCUT2D eigenvalue weighted by atomic mass is 32.2. The number of hydrogen-bond donors (Lipinski definition) is 2. The molecule has 0 saturated carbocycles. The number of anilines is 2. The third-order valence-electron chi connectivity index (χ3n) is 4.29. The zero-order valence-electron chi connectivity index (χ0n) is 16.7. The van der Waals surface area contributed by atoms with Crippen LogP contribution in [0.2, 0.25) is 0 Å². The topological polar surface area (TPSA) is 107 Å². The lowest BCUT2D eigenvalue weighted by molar-refractivity contribution is 0.102. The summed E-state index contributed by atoms with van der Waals surface area (Å²) in [5, 5.41) is 2.68. The molecular formula is C21H21N3O5S. The summed E-state index contributed by atoms with van der Waals surface area (Å²) < 4.78 is 38.5. The minimum atomic E-state index is -3.91. The van der Waals surface area contributed by atoms with Crippen molar-refractivity contribution in [3.05, 3.63) is 71.9 Å². The van der Waals surface area contributed by atoms with Crippen LogP contribution in [0.25, 0.3) is 0 Å². The van der Waals surface area contributed by atoms with Crippen molar-refractivity contribution in [2.45, 2.75) is 11.8 Å². The number of carbonyl (C=O) groups excluding carboxylic acids is 1. The predicted octanol–water partition coefficient (Wildman–Crippen LogP) is 3.46. The quantitative estimate of drug-likeness (QED) is 0.598. The number of aryl methyl sites for hydroxylation is 1. The highest BCUT2D eigenvalue weighted by Gasteiger charge is 2.20. The number of nitrogens with one attached hydrogen (secondary N) is 2. The van der Waals surface area contributed by atoms with Gasteiger partial charge in [-0.3, -0.25) is 9.52 Å². The fraction of sp³-hybridized carbons (Fsp3) is 0.143. The van der Waals surface area contributed by atoms with Crippen molar-refractivity contribution in [2.24, 2.45) is 0 Å². The molecule has 0 spiro atoms. The SMILES string of the molecule is COc1ccc(NS(=O)(=O)c2cc(C(=O)Nc3cccnc3OC)ccc2C)cc1. The molecule has 0 saturated heterocycles. The molecule has 2 N–H and O–H groups in total. The molecule has 1 amide bonds. The lowest BCUT2D eigenvalue weighted by atomic mass is 10.1. The van der Waals surface area contributed by atoms with Gasteiger partial charge in [-0.25, -0.2) is 13.4 Å². The van der Waals surface area contributed by atoms with E-state index in [4.69, 9.17) is 9.47 Å². The second kappa shape index (κ2) is 8.83. The number of methoxy groups -OCH3 is 2. The summed E-state index contributed by atoms with van der Waals surface area (Å²) in [6.07, 6.45) is 1.54. The van der Waals surface area contributed by atoms with Crippen molar-refractivity contribution < 1.29 is 22.7 Å². The maximum atomic E-state index is 12.9. The average Bonchev–Trinajstić information content (AvgIpc) is 2.74. The Hall–Kier alpha value is -3.59. The summed E-state index contributed by atoms with van der Waals surface area (Å²) in [7, 11) is -0.941. The van der Waals surface area contributed by atoms with Gasteiger partial charge in [-0.05, 0) is 61.0 Å². The lowest BCUT2D eigenvalue weighted by Gasteiger charge is -2.13. The second-order valence-electron chi connectivity index (χ2n) is 6.33. The molecule has 3 rings (SSSR count). The van der Waals surface area contributed by atoms with Crippen LogP contribution in [0.4, 0.5) is 11.4 Å². The lowest BCUT2D eigenvalue weighted by Crippen LogP contribution is -2.17. The van der Waals surface area contributed by atoms with E-state index in [1.54, 1.807) is 55.5 Å². The van der Waals surface area contributed by atoms with E-state index in [9.17, 15) is 13.2 Å². The van der Waals surface area contributed by atoms with Crippen molar-refractivity contribution in [3.63, 3.8) is 0 Å². The number of pyridine rings is 1. The number of amides is 1. The smallest absolute Gasteiger partial charge is 0.262 e. The molecule has 156 valence electrons. The molecule has 0 aliphatic carbocycles. The summed E-state index contributed by atoms with van der Waals surface area (Å²) in [5.41, 5.74) is 1.45. The molecule has 0 aliphatic rings. The summed E-state index contributed by atoms with van der Waals surface area (Å²) >= 11 is 0. The number of aromatic nitrogens is 1. The molecule has 1 aromatic heterocycles. The van der Waals surface area contributed by atoms with Crippen LogP contribution >= 0.6 is 0 Å². The first-order chi connectivity index (χ1) is 14.3. The molecule has 0 radical (unpaired) electrons. The van der Waals surface area contributed by atoms with Crippen molar-refractivity contribution in [2.75, 3.05) is 24.3 Å². The predicted molar refractivity (Wildman–Crippen MR) is 114 cm³/mol. The van der Waals surface area contributed by atoms with E-state index in [0.29, 0.717) is 22.7 Å². The first-order valence-electron chi connectivity index (χ1n) is 8.92. The van der Waals surface area contributed by atoms with Crippen LogP contribution in [0.15, 0.2) is 65.7 Å². The van der Waals surface area contributed by atoms with Gasteiger partial charge in [-0.2, -0.15) is 0 Å². The van der Waals surface area contributed by atoms with Crippen LogP contribution in [-0.4, -0.2) is 33.5 Å². The van der Waals surface area contributed by atoms with Gasteiger partial charge in [0.05, 0.1) is 19.1 Å². The van der Waals surface area contributed by atoms with Gasteiger partial charge in [0.15, 0.2) is 0 Å². The van der Waals surface area contributed by atoms with Crippen molar-refractivity contribution >= 4 is 27.3 Å². The zero-order valence-corrected chi connectivity index (χ0v) is 17.5. The molecule has 0 fully saturated rings. The summed E-state index contributed by atoms with van der Waals surface area (Å²) in [6, 6.07) is 14.2. The molecule has 3 aromatic rings. The Morgan fingerprint density at radius 3 is 2.40 bits per heavy atom. The maximum absolute atomic E-state index is 12.9. The van der Waals surface area contributed by atoms with E-state index >= 15 is 0 Å². The molecule has 9 heteroatoms. The summed E-state index contributed by atoms with van der Waals surface area (Å²) in [6.45, 7) is 1.66. The van der Waals surface area contributed by atoms with E-state index in [0.717, 1.165) is 0 Å². The normalized spacial score (nSPS) is 10.9. The molecule has 2 aromatic carbocycles. The third kappa shape index (κ3) is 4.69. The van der Waals surface area contributed by atoms with Crippen molar-refractivity contribution in [1.82, 2.24) is 4.98 Å². The highest BCUT2D eigenvalue weighted by molar-refractivity contribution is 7.92. The monoisotopic (exact) mass is 427 g/mol. The standard InChI is InChI=1S/C21H21N3O5S/c1-14-6-7-15(20(25)23-18-5-4-12-22-21(18)29-3)13-19(14)30(26,27)24-16-8-10-17(28-2)11-9-16/h4-13,24H,1-3H3,(H,23,25). The number of rotatable bonds is 7. The van der Waals surface area contributed by atoms with Crippen LogP contribution in [-0.2, 0) is 10.0 Å². The highest BCUT2D eigenvalue weighted by Crippen LogP contribution is 2.24. The van der Waals surface area contributed by atoms with E-state index < -0.39 is 15.9 Å². The number of benzene rings is 2. The molecule has 1 heterocycles. The summed E-state index contributed by atoms with van der Waals surface area (Å²) in [5.74, 6) is 0.382. The fourth-order valence-electron chi connectivity index (χ4n) is 2.74. The van der Waals surface area contributed by atoms with Gasteiger partial charge in [0.2, 0.25) is 5.88 Å². The number of hydrogen-bond acceptors (Lipinski definition) is 6. The van der Waals surface area contributed by atoms with Gasteiger partial charge < -0.3 is 14.8 Å². The summed E-state index contributed by atoms with van der Waals surface area (Å²) in [4.78, 5) is 16.7. The molecular weight excluding hydrogens is 406 g/mol. The molecule has 0 bridgehead atoms. The molecule has 8 nitrogen and oxygen atoms in total. The molecule has 30 heavy (non-hydrogen) atoms. The fourth-order valence-corrected chi connectivity index (χ4v) is 4.07. The minimum absolute atomic E-state index is 0.00381. The van der Waals surface area contributed by atoms with Crippen molar-refractivity contribution in [1.29, 1.82) is 0 Å². The Balaban J connectivity index is 1.87. The van der Waals surface area contributed by atoms with E-state index in [-0.39, 0.29) is 16.3 Å². The molecule has 0 aliphatic heterocycles. The second-order valence-corrected chi connectivity index (χ2v) is 7.98. The zero-order chi connectivity index (χ0) is 21.7. The van der Waals surface area contributed by atoms with Crippen molar-refractivity contribution in [3.8, 4) is 11.6 Å². The Morgan fingerprint density at radius 1 is 1.00 bits per heavy atom. The Kier molecular flexibility index (Phi) is 6.22. The van der Waals surface area contributed by atoms with Gasteiger partial charge in [0.1, 0.15) is 11.4 Å². The number of ether oxygens (including phenoxy) is 2. The van der Waals surface area contributed by atoms with Gasteiger partial charge in [-0.15, -0.1) is 0 Å². The average molecular weight is 427 g/mol. The molecule has 0 atom stereocenters. The van der Waals surface area contributed by atoms with Gasteiger partial charge in [0, 0.05) is 17.4 Å². The Morgan fingerprint density at radius 2 is 1.73 bits per heavy atom. The van der Waals surface area contributed by atoms with E-state index in [2.05, 4.69) is 15.0 Å². The number of sulfonamides is 1. The van der Waals surface area contributed by atoms with Crippen LogP contribution < -0.4 is 19.5 Å². The van der Waals surface area contributed by atoms with Crippen LogP contribution in [0.5, 0.6) is 11.6 Å². The molecule has 0 unspecified atom stereocenters. The van der Waals surface area contributed by atoms with Gasteiger partial charge in [0.25, 0.3) is 15.9 Å². The number of nitrogens with zero attached hydrogens (tertiary/aromatic N) is 1. The van der Waals surface area contributed by atoms with Crippen LogP contribution in [0.1, 0.15) is 15.9 Å². The van der Waals surface area contributed by atoms with Gasteiger partial charge in [-0.1, -0.05) is 6.07 Å². The van der Waals surface area contributed by atoms with Gasteiger partial charge >= 0.3 is 0 Å². The Labute approximate surface area is 174 Å². The minimum Gasteiger partial charge on any atom is -0.497 e. The van der Waals surface area contributed by atoms with Crippen LogP contribution in [0, 0.1) is 6.92 Å². The Bertz CT molecular complexity index is 1160. The third-order valence-corrected chi connectivity index (χ3v) is 5.82.